The molecule has 0 radical (unpaired) electrons. The molecule has 2 atom stereocenters. The second-order valence-corrected chi connectivity index (χ2v) is 5.76. The predicted octanol–water partition coefficient (Wildman–Crippen LogP) is 1.91. The van der Waals surface area contributed by atoms with Crippen LogP contribution in [-0.2, 0) is 0 Å². The molecule has 128 valence electrons. The smallest absolute Gasteiger partial charge is 0.393 e. The summed E-state index contributed by atoms with van der Waals surface area (Å²) >= 11 is 0. The number of alkyl halides is 3. The van der Waals surface area contributed by atoms with Crippen LogP contribution in [0.15, 0.2) is 35.3 Å². The van der Waals surface area contributed by atoms with E-state index >= 15 is 0 Å². The molecule has 0 unspecified atom stereocenters. The van der Waals surface area contributed by atoms with E-state index in [-0.39, 0.29) is 29.5 Å². The van der Waals surface area contributed by atoms with Crippen LogP contribution in [0.1, 0.15) is 16.8 Å². The van der Waals surface area contributed by atoms with E-state index in [0.29, 0.717) is 5.39 Å². The summed E-state index contributed by atoms with van der Waals surface area (Å²) < 4.78 is 39.1. The Hall–Kier alpha value is -2.35. The van der Waals surface area contributed by atoms with Gasteiger partial charge in [-0.3, -0.25) is 9.59 Å². The molecule has 1 aliphatic rings. The molecule has 5 nitrogen and oxygen atoms in total. The zero-order valence-electron chi connectivity index (χ0n) is 12.5. The van der Waals surface area contributed by atoms with Gasteiger partial charge in [-0.1, -0.05) is 18.2 Å². The molecule has 2 aromatic rings. The third-order valence-corrected chi connectivity index (χ3v) is 4.45. The zero-order chi connectivity index (χ0) is 17.5. The quantitative estimate of drug-likeness (QED) is 0.877. The van der Waals surface area contributed by atoms with Crippen LogP contribution < -0.4 is 5.56 Å². The third-order valence-electron chi connectivity index (χ3n) is 4.45. The number of aliphatic hydroxyl groups is 1. The number of H-pyrrole nitrogens is 1. The van der Waals surface area contributed by atoms with Crippen molar-refractivity contribution in [1.29, 1.82) is 0 Å². The minimum absolute atomic E-state index is 0.0955. The van der Waals surface area contributed by atoms with Crippen LogP contribution in [0.2, 0.25) is 0 Å². The van der Waals surface area contributed by atoms with Gasteiger partial charge in [0.15, 0.2) is 0 Å². The van der Waals surface area contributed by atoms with Gasteiger partial charge < -0.3 is 15.0 Å². The molecule has 3 rings (SSSR count). The average molecular weight is 340 g/mol. The van der Waals surface area contributed by atoms with Crippen molar-refractivity contribution in [3.63, 3.8) is 0 Å². The highest BCUT2D eigenvalue weighted by atomic mass is 19.4. The highest BCUT2D eigenvalue weighted by Crippen LogP contribution is 2.38. The Balaban J connectivity index is 2.01. The first kappa shape index (κ1) is 16.5. The van der Waals surface area contributed by atoms with Crippen LogP contribution >= 0.6 is 0 Å². The van der Waals surface area contributed by atoms with Gasteiger partial charge in [-0.2, -0.15) is 13.2 Å². The van der Waals surface area contributed by atoms with Gasteiger partial charge in [-0.05, 0) is 12.5 Å². The number of aromatic nitrogens is 1. The van der Waals surface area contributed by atoms with Crippen LogP contribution in [0.4, 0.5) is 13.2 Å². The minimum Gasteiger partial charge on any atom is -0.394 e. The molecular weight excluding hydrogens is 325 g/mol. The lowest BCUT2D eigenvalue weighted by atomic mass is 10.00. The number of pyridine rings is 1. The van der Waals surface area contributed by atoms with Crippen molar-refractivity contribution in [2.24, 2.45) is 5.92 Å². The van der Waals surface area contributed by atoms with Gasteiger partial charge in [0.25, 0.3) is 11.5 Å². The summed E-state index contributed by atoms with van der Waals surface area (Å²) in [5, 5.41) is 10.0. The number of nitrogens with zero attached hydrogens (tertiary/aromatic N) is 1. The number of likely N-dealkylation sites (tertiary alicyclic amines) is 1. The summed E-state index contributed by atoms with van der Waals surface area (Å²) in [4.78, 5) is 28.0. The van der Waals surface area contributed by atoms with Crippen molar-refractivity contribution >= 4 is 16.7 Å². The van der Waals surface area contributed by atoms with Crippen molar-refractivity contribution in [2.45, 2.75) is 18.6 Å². The van der Waals surface area contributed by atoms with Gasteiger partial charge in [0.1, 0.15) is 0 Å². The molecule has 24 heavy (non-hydrogen) atoms. The summed E-state index contributed by atoms with van der Waals surface area (Å²) in [5.74, 6) is -2.38. The second kappa shape index (κ2) is 5.94. The van der Waals surface area contributed by atoms with Crippen LogP contribution in [0.25, 0.3) is 10.8 Å². The van der Waals surface area contributed by atoms with Crippen LogP contribution in [0.5, 0.6) is 0 Å². The number of carbonyl (C=O) groups is 1. The first-order valence-corrected chi connectivity index (χ1v) is 7.43. The first-order chi connectivity index (χ1) is 11.3. The molecule has 1 aliphatic heterocycles. The number of halogens is 3. The molecule has 1 aromatic heterocycles. The van der Waals surface area contributed by atoms with Gasteiger partial charge in [0.05, 0.1) is 24.1 Å². The normalized spacial score (nSPS) is 21.4. The van der Waals surface area contributed by atoms with Crippen molar-refractivity contribution in [2.75, 3.05) is 13.2 Å². The Labute approximate surface area is 134 Å². The third kappa shape index (κ3) is 2.66. The van der Waals surface area contributed by atoms with Crippen molar-refractivity contribution in [3.8, 4) is 0 Å². The van der Waals surface area contributed by atoms with E-state index in [4.69, 9.17) is 0 Å². The lowest BCUT2D eigenvalue weighted by Crippen LogP contribution is -2.44. The van der Waals surface area contributed by atoms with Gasteiger partial charge in [0.2, 0.25) is 0 Å². The number of fused-ring (bicyclic) bond motifs is 1. The summed E-state index contributed by atoms with van der Waals surface area (Å²) in [7, 11) is 0. The van der Waals surface area contributed by atoms with E-state index in [1.54, 1.807) is 18.2 Å². The minimum atomic E-state index is -4.48. The molecule has 1 aromatic carbocycles. The Morgan fingerprint density at radius 1 is 1.29 bits per heavy atom. The maximum atomic E-state index is 13.0. The molecule has 1 fully saturated rings. The SMILES string of the molecule is O=C(c1c[nH]c(=O)c2ccccc12)N1CC[C@@H](C(F)(F)F)[C@@H]1CO. The number of amides is 1. The van der Waals surface area contributed by atoms with Crippen molar-refractivity contribution in [1.82, 2.24) is 9.88 Å². The van der Waals surface area contributed by atoms with Crippen LogP contribution in [-0.4, -0.2) is 46.3 Å². The van der Waals surface area contributed by atoms with E-state index in [0.717, 1.165) is 4.90 Å². The largest absolute Gasteiger partial charge is 0.394 e. The molecule has 0 spiro atoms. The molecule has 1 amide bonds. The van der Waals surface area contributed by atoms with Gasteiger partial charge in [-0.25, -0.2) is 0 Å². The molecule has 1 saturated heterocycles. The fraction of sp³-hybridized carbons (Fsp3) is 0.375. The topological polar surface area (TPSA) is 73.4 Å². The molecule has 0 aliphatic carbocycles. The Bertz CT molecular complexity index is 831. The number of hydrogen-bond acceptors (Lipinski definition) is 3. The number of nitrogens with one attached hydrogen (secondary N) is 1. The predicted molar refractivity (Wildman–Crippen MR) is 80.6 cm³/mol. The number of aromatic amines is 1. The van der Waals surface area contributed by atoms with Gasteiger partial charge in [0, 0.05) is 23.5 Å². The van der Waals surface area contributed by atoms with E-state index in [1.165, 1.54) is 12.3 Å². The van der Waals surface area contributed by atoms with E-state index < -0.39 is 30.7 Å². The summed E-state index contributed by atoms with van der Waals surface area (Å²) in [6.07, 6.45) is -3.51. The summed E-state index contributed by atoms with van der Waals surface area (Å²) in [6, 6.07) is 5.07. The Kier molecular flexibility index (Phi) is 4.08. The Morgan fingerprint density at radius 3 is 2.58 bits per heavy atom. The molecule has 2 N–H and O–H groups in total. The zero-order valence-corrected chi connectivity index (χ0v) is 12.5. The van der Waals surface area contributed by atoms with E-state index in [2.05, 4.69) is 4.98 Å². The molecule has 0 bridgehead atoms. The second-order valence-electron chi connectivity index (χ2n) is 5.76. The monoisotopic (exact) mass is 340 g/mol. The number of aliphatic hydroxyl groups excluding tert-OH is 1. The average Bonchev–Trinajstić information content (AvgIpc) is 2.99. The maximum Gasteiger partial charge on any atom is 0.393 e. The van der Waals surface area contributed by atoms with Gasteiger partial charge in [-0.15, -0.1) is 0 Å². The summed E-state index contributed by atoms with van der Waals surface area (Å²) in [6.45, 7) is -0.862. The standard InChI is InChI=1S/C16H15F3N2O3/c17-16(18,19)12-5-6-21(13(12)8-22)15(24)11-7-20-14(23)10-4-2-1-3-9(10)11/h1-4,7,12-13,22H,5-6,8H2,(H,20,23)/t12-,13+/m1/s1. The number of benzene rings is 1. The fourth-order valence-corrected chi connectivity index (χ4v) is 3.25. The molecule has 0 saturated carbocycles. The molecule has 8 heteroatoms. The van der Waals surface area contributed by atoms with Crippen molar-refractivity contribution in [3.05, 3.63) is 46.4 Å². The van der Waals surface area contributed by atoms with E-state index in [1.807, 2.05) is 0 Å². The Morgan fingerprint density at radius 2 is 1.96 bits per heavy atom. The van der Waals surface area contributed by atoms with Crippen LogP contribution in [0.3, 0.4) is 0 Å². The summed E-state index contributed by atoms with van der Waals surface area (Å²) in [5.41, 5.74) is -0.262. The fourth-order valence-electron chi connectivity index (χ4n) is 3.25. The van der Waals surface area contributed by atoms with Crippen LogP contribution in [0, 0.1) is 5.92 Å². The van der Waals surface area contributed by atoms with E-state index in [9.17, 15) is 27.9 Å². The lowest BCUT2D eigenvalue weighted by molar-refractivity contribution is -0.181. The molecule has 2 heterocycles. The van der Waals surface area contributed by atoms with Gasteiger partial charge >= 0.3 is 6.18 Å². The first-order valence-electron chi connectivity index (χ1n) is 7.43. The number of hydrogen-bond donors (Lipinski definition) is 2. The maximum absolute atomic E-state index is 13.0. The van der Waals surface area contributed by atoms with Crippen molar-refractivity contribution < 1.29 is 23.1 Å². The highest BCUT2D eigenvalue weighted by molar-refractivity contribution is 6.06. The number of rotatable bonds is 2. The highest BCUT2D eigenvalue weighted by Gasteiger charge is 2.51. The lowest BCUT2D eigenvalue weighted by Gasteiger charge is -2.28. The molecular formula is C16H15F3N2O3. The number of carbonyl (C=O) groups excluding carboxylic acids is 1.